The van der Waals surface area contributed by atoms with Gasteiger partial charge in [0.15, 0.2) is 0 Å². The van der Waals surface area contributed by atoms with Crippen molar-refractivity contribution in [3.8, 4) is 33.4 Å². The first kappa shape index (κ1) is 15.7. The number of hydrogen-bond donors (Lipinski definition) is 0. The quantitative estimate of drug-likeness (QED) is 0.205. The Labute approximate surface area is 240 Å². The van der Waals surface area contributed by atoms with Crippen LogP contribution in [0.15, 0.2) is 133 Å². The molecule has 0 bridgehead atoms. The van der Waals surface area contributed by atoms with E-state index in [0.29, 0.717) is 22.3 Å². The zero-order chi connectivity index (χ0) is 33.1. The molecule has 0 saturated heterocycles. The molecule has 0 unspecified atom stereocenters. The van der Waals surface area contributed by atoms with Crippen LogP contribution < -0.4 is 0 Å². The zero-order valence-corrected chi connectivity index (χ0v) is 21.6. The van der Waals surface area contributed by atoms with Crippen LogP contribution >= 0.6 is 0 Å². The second-order valence-electron chi connectivity index (χ2n) is 10.7. The summed E-state index contributed by atoms with van der Waals surface area (Å²) in [5, 5.41) is 2.78. The molecule has 0 saturated carbocycles. The van der Waals surface area contributed by atoms with Crippen molar-refractivity contribution < 1.29 is 11.0 Å². The first-order chi connectivity index (χ1) is 22.4. The zero-order valence-electron chi connectivity index (χ0n) is 29.6. The van der Waals surface area contributed by atoms with E-state index >= 15 is 0 Å². The van der Waals surface area contributed by atoms with Gasteiger partial charge in [0, 0.05) is 5.41 Å². The topological polar surface area (TPSA) is 0 Å². The van der Waals surface area contributed by atoms with E-state index in [9.17, 15) is 5.48 Å². The SMILES string of the molecule is [2H]c1c([2H])c([2H])c2c(-c3ccc4ccccc4c3)c3c([2H])c([2H])c([2H])c([2H])c3c(-c3ccc4c(c3)C(C)(C)c3ccccc3-4)c2c1[2H]. The van der Waals surface area contributed by atoms with Crippen molar-refractivity contribution in [2.24, 2.45) is 0 Å². The van der Waals surface area contributed by atoms with Crippen LogP contribution in [0, 0.1) is 0 Å². The number of rotatable bonds is 2. The molecule has 0 radical (unpaired) electrons. The molecule has 0 N–H and O–H groups in total. The molecule has 0 aliphatic heterocycles. The molecular weight excluding hydrogens is 468 g/mol. The van der Waals surface area contributed by atoms with Crippen LogP contribution in [0.1, 0.15) is 35.9 Å². The lowest BCUT2D eigenvalue weighted by molar-refractivity contribution is 0.660. The van der Waals surface area contributed by atoms with Crippen LogP contribution in [0.3, 0.4) is 0 Å². The Hall–Kier alpha value is -4.68. The summed E-state index contributed by atoms with van der Waals surface area (Å²) in [5.74, 6) is 0. The summed E-state index contributed by atoms with van der Waals surface area (Å²) in [5.41, 5.74) is 6.01. The molecule has 0 atom stereocenters. The number of benzene rings is 7. The fourth-order valence-corrected chi connectivity index (χ4v) is 6.41. The van der Waals surface area contributed by atoms with E-state index in [1.54, 1.807) is 0 Å². The predicted molar refractivity (Wildman–Crippen MR) is 167 cm³/mol. The summed E-state index contributed by atoms with van der Waals surface area (Å²) in [6.07, 6.45) is 0. The van der Waals surface area contributed by atoms with Crippen LogP contribution in [0.4, 0.5) is 0 Å². The van der Waals surface area contributed by atoms with Crippen molar-refractivity contribution in [2.75, 3.05) is 0 Å². The molecule has 1 aliphatic rings. The third kappa shape index (κ3) is 3.18. The smallest absolute Gasteiger partial charge is 0.0619 e. The number of fused-ring (bicyclic) bond motifs is 6. The van der Waals surface area contributed by atoms with E-state index in [4.69, 9.17) is 5.48 Å². The highest BCUT2D eigenvalue weighted by molar-refractivity contribution is 6.21. The maximum Gasteiger partial charge on any atom is 0.0629 e. The molecule has 7 aromatic carbocycles. The van der Waals surface area contributed by atoms with Crippen molar-refractivity contribution in [3.05, 3.63) is 144 Å². The molecule has 39 heavy (non-hydrogen) atoms. The highest BCUT2D eigenvalue weighted by atomic mass is 14.4. The first-order valence-corrected chi connectivity index (χ1v) is 13.1. The van der Waals surface area contributed by atoms with E-state index in [1.807, 2.05) is 72.8 Å². The highest BCUT2D eigenvalue weighted by Crippen LogP contribution is 2.51. The van der Waals surface area contributed by atoms with E-state index in [0.717, 1.165) is 27.5 Å². The molecule has 8 rings (SSSR count). The molecular formula is C39H28. The van der Waals surface area contributed by atoms with Gasteiger partial charge in [-0.2, -0.15) is 0 Å². The summed E-state index contributed by atoms with van der Waals surface area (Å²) in [6.45, 7) is 4.30. The first-order valence-electron chi connectivity index (χ1n) is 17.1. The molecule has 0 amide bonds. The standard InChI is InChI=1S/C39H28/c1-39(2)35-18-10-9-13-29(35)30-22-21-28(24-36(30)39)38-33-16-7-5-14-31(33)37(32-15-6-8-17-34(32)38)27-20-19-25-11-3-4-12-26(25)23-27/h3-24H,1-2H3/i5D,6D,7D,8D,14D,15D,16D,17D. The molecule has 0 nitrogen and oxygen atoms in total. The van der Waals surface area contributed by atoms with Crippen molar-refractivity contribution in [1.82, 2.24) is 0 Å². The Morgan fingerprint density at radius 3 is 1.67 bits per heavy atom. The molecule has 0 fully saturated rings. The summed E-state index contributed by atoms with van der Waals surface area (Å²) in [6, 6.07) is 25.0. The second-order valence-corrected chi connectivity index (χ2v) is 10.7. The fourth-order valence-electron chi connectivity index (χ4n) is 6.41. The van der Waals surface area contributed by atoms with Crippen molar-refractivity contribution in [1.29, 1.82) is 0 Å². The third-order valence-corrected chi connectivity index (χ3v) is 8.29. The van der Waals surface area contributed by atoms with Crippen molar-refractivity contribution in [2.45, 2.75) is 19.3 Å². The Morgan fingerprint density at radius 2 is 1.00 bits per heavy atom. The van der Waals surface area contributed by atoms with Gasteiger partial charge in [-0.25, -0.2) is 0 Å². The molecule has 7 aromatic rings. The van der Waals surface area contributed by atoms with Gasteiger partial charge in [-0.05, 0) is 89.0 Å². The molecule has 0 aromatic heterocycles. The second kappa shape index (κ2) is 8.16. The van der Waals surface area contributed by atoms with Gasteiger partial charge in [0.25, 0.3) is 0 Å². The van der Waals surface area contributed by atoms with E-state index < -0.39 is 24.2 Å². The minimum absolute atomic E-state index is 0.224. The number of hydrogen-bond acceptors (Lipinski definition) is 0. The summed E-state index contributed by atoms with van der Waals surface area (Å²) < 4.78 is 71.8. The average Bonchev–Trinajstić information content (AvgIpc) is 3.32. The minimum atomic E-state index is -0.402. The molecule has 0 heterocycles. The van der Waals surface area contributed by atoms with Crippen LogP contribution in [-0.4, -0.2) is 0 Å². The van der Waals surface area contributed by atoms with Crippen molar-refractivity contribution >= 4 is 32.3 Å². The third-order valence-electron chi connectivity index (χ3n) is 8.29. The summed E-state index contributed by atoms with van der Waals surface area (Å²) in [7, 11) is 0. The van der Waals surface area contributed by atoms with E-state index in [1.165, 1.54) is 5.56 Å². The van der Waals surface area contributed by atoms with Gasteiger partial charge in [0.1, 0.15) is 0 Å². The van der Waals surface area contributed by atoms with Gasteiger partial charge in [-0.15, -0.1) is 0 Å². The Kier molecular flexibility index (Phi) is 3.28. The molecule has 0 heteroatoms. The Morgan fingerprint density at radius 1 is 0.487 bits per heavy atom. The van der Waals surface area contributed by atoms with Gasteiger partial charge in [0.05, 0.1) is 11.0 Å². The van der Waals surface area contributed by atoms with Gasteiger partial charge >= 0.3 is 0 Å². The monoisotopic (exact) mass is 504 g/mol. The van der Waals surface area contributed by atoms with Gasteiger partial charge < -0.3 is 0 Å². The average molecular weight is 505 g/mol. The molecule has 0 spiro atoms. The van der Waals surface area contributed by atoms with Gasteiger partial charge in [-0.3, -0.25) is 0 Å². The predicted octanol–water partition coefficient (Wildman–Crippen LogP) is 10.8. The van der Waals surface area contributed by atoms with Crippen LogP contribution in [0.25, 0.3) is 65.7 Å². The minimum Gasteiger partial charge on any atom is -0.0619 e. The maximum absolute atomic E-state index is 9.26. The van der Waals surface area contributed by atoms with Gasteiger partial charge in [0.2, 0.25) is 0 Å². The lowest BCUT2D eigenvalue weighted by Crippen LogP contribution is -2.14. The van der Waals surface area contributed by atoms with Crippen LogP contribution in [0.2, 0.25) is 0 Å². The van der Waals surface area contributed by atoms with Gasteiger partial charge in [-0.1, -0.05) is 135 Å². The highest BCUT2D eigenvalue weighted by Gasteiger charge is 2.35. The maximum atomic E-state index is 9.26. The largest absolute Gasteiger partial charge is 0.0629 e. The normalized spacial score (nSPS) is 16.5. The molecule has 184 valence electrons. The Balaban J connectivity index is 1.61. The lowest BCUT2D eigenvalue weighted by atomic mass is 9.80. The fraction of sp³-hybridized carbons (Fsp3) is 0.0769. The Bertz CT molecular complexity index is 2450. The van der Waals surface area contributed by atoms with Crippen LogP contribution in [0.5, 0.6) is 0 Å². The summed E-state index contributed by atoms with van der Waals surface area (Å²) >= 11 is 0. The van der Waals surface area contributed by atoms with E-state index in [-0.39, 0.29) is 51.1 Å². The molecule has 1 aliphatic carbocycles. The van der Waals surface area contributed by atoms with Crippen LogP contribution in [-0.2, 0) is 5.41 Å². The van der Waals surface area contributed by atoms with E-state index in [2.05, 4.69) is 26.0 Å². The van der Waals surface area contributed by atoms with Crippen molar-refractivity contribution in [3.63, 3.8) is 0 Å². The summed E-state index contributed by atoms with van der Waals surface area (Å²) in [4.78, 5) is 0. The lowest BCUT2D eigenvalue weighted by Gasteiger charge is -2.23.